The molecule has 0 spiro atoms. The van der Waals surface area contributed by atoms with Crippen molar-refractivity contribution in [3.8, 4) is 0 Å². The fourth-order valence-electron chi connectivity index (χ4n) is 4.59. The molecule has 6 nitrogen and oxygen atoms in total. The number of piperidine rings is 1. The van der Waals surface area contributed by atoms with E-state index in [1.807, 2.05) is 17.3 Å². The van der Waals surface area contributed by atoms with Gasteiger partial charge in [0.25, 0.3) is 5.91 Å². The lowest BCUT2D eigenvalue weighted by Crippen LogP contribution is -2.40. The Morgan fingerprint density at radius 3 is 3.00 bits per heavy atom. The summed E-state index contributed by atoms with van der Waals surface area (Å²) in [7, 11) is 0. The van der Waals surface area contributed by atoms with Crippen molar-refractivity contribution in [2.24, 2.45) is 0 Å². The van der Waals surface area contributed by atoms with Crippen LogP contribution in [0, 0.1) is 6.92 Å². The quantitative estimate of drug-likeness (QED) is 0.779. The molecule has 1 aliphatic carbocycles. The minimum Gasteiger partial charge on any atom is -0.465 e. The second-order valence-electron chi connectivity index (χ2n) is 8.03. The van der Waals surface area contributed by atoms with E-state index in [9.17, 15) is 9.59 Å². The Bertz CT molecular complexity index is 880. The van der Waals surface area contributed by atoms with Crippen LogP contribution in [0.3, 0.4) is 0 Å². The molecule has 0 aromatic carbocycles. The summed E-state index contributed by atoms with van der Waals surface area (Å²) in [6.45, 7) is 6.33. The maximum absolute atomic E-state index is 13.4. The second kappa shape index (κ2) is 7.94. The van der Waals surface area contributed by atoms with Gasteiger partial charge in [-0.05, 0) is 32.6 Å². The number of carbonyl (C=O) groups is 2. The summed E-state index contributed by atoms with van der Waals surface area (Å²) in [6, 6.07) is 0. The van der Waals surface area contributed by atoms with Crippen LogP contribution >= 0.6 is 0 Å². The van der Waals surface area contributed by atoms with Gasteiger partial charge in [-0.1, -0.05) is 13.3 Å². The minimum atomic E-state index is -0.0610. The van der Waals surface area contributed by atoms with Gasteiger partial charge >= 0.3 is 0 Å². The van der Waals surface area contributed by atoms with Crippen molar-refractivity contribution in [1.82, 2.24) is 14.5 Å². The van der Waals surface area contributed by atoms with Crippen molar-refractivity contribution in [3.63, 3.8) is 0 Å². The number of Topliss-reactive ketones (excluding diaryl/α,β-unsaturated/α-hetero) is 1. The molecule has 1 saturated heterocycles. The molecule has 3 heterocycles. The van der Waals surface area contributed by atoms with Crippen molar-refractivity contribution in [2.75, 3.05) is 13.1 Å². The highest BCUT2D eigenvalue weighted by Crippen LogP contribution is 2.33. The molecule has 150 valence electrons. The molecule has 0 N–H and O–H groups in total. The van der Waals surface area contributed by atoms with E-state index in [2.05, 4.69) is 16.5 Å². The fourth-order valence-corrected chi connectivity index (χ4v) is 4.59. The average Bonchev–Trinajstić information content (AvgIpc) is 3.30. The van der Waals surface area contributed by atoms with Gasteiger partial charge in [-0.2, -0.15) is 0 Å². The first-order valence-corrected chi connectivity index (χ1v) is 10.6. The third kappa shape index (κ3) is 3.40. The fraction of sp³-hybridized carbons (Fsp3) is 0.591. The molecule has 2 aromatic rings. The van der Waals surface area contributed by atoms with Gasteiger partial charge in [0.2, 0.25) is 0 Å². The largest absolute Gasteiger partial charge is 0.465 e. The highest BCUT2D eigenvalue weighted by Gasteiger charge is 2.35. The summed E-state index contributed by atoms with van der Waals surface area (Å²) in [4.78, 5) is 32.3. The van der Waals surface area contributed by atoms with Crippen LogP contribution in [0.4, 0.5) is 0 Å². The number of hydrogen-bond acceptors (Lipinski definition) is 4. The van der Waals surface area contributed by atoms with Crippen LogP contribution in [0.5, 0.6) is 0 Å². The van der Waals surface area contributed by atoms with Crippen LogP contribution in [0.2, 0.25) is 0 Å². The zero-order valence-corrected chi connectivity index (χ0v) is 16.9. The number of furan rings is 1. The molecular formula is C22H29N3O3. The van der Waals surface area contributed by atoms with Gasteiger partial charge in [0.1, 0.15) is 17.3 Å². The number of rotatable bonds is 5. The Morgan fingerprint density at radius 1 is 1.32 bits per heavy atom. The van der Waals surface area contributed by atoms with Crippen LogP contribution in [-0.2, 0) is 13.0 Å². The zero-order valence-electron chi connectivity index (χ0n) is 16.9. The zero-order chi connectivity index (χ0) is 19.7. The molecule has 4 rings (SSSR count). The maximum atomic E-state index is 13.4. The second-order valence-corrected chi connectivity index (χ2v) is 8.03. The van der Waals surface area contributed by atoms with Crippen molar-refractivity contribution in [2.45, 2.75) is 71.3 Å². The summed E-state index contributed by atoms with van der Waals surface area (Å²) >= 11 is 0. The number of fused-ring (bicyclic) bond motifs is 1. The normalized spacial score (nSPS) is 19.7. The number of likely N-dealkylation sites (tertiary alicyclic amines) is 1. The standard InChI is InChI=1S/C22H29N3O3/c1-3-4-11-24-13-10-23-21(24)16-7-6-12-25(14-16)22(27)19-15(2)28-18-9-5-8-17(26)20(18)19/h10,13,16H,3-9,11-12,14H2,1-2H3/t16-/m1/s1. The first-order valence-electron chi connectivity index (χ1n) is 10.6. The molecule has 1 atom stereocenters. The number of carbonyl (C=O) groups excluding carboxylic acids is 2. The summed E-state index contributed by atoms with van der Waals surface area (Å²) in [6.07, 6.45) is 10.2. The van der Waals surface area contributed by atoms with Gasteiger partial charge in [-0.15, -0.1) is 0 Å². The lowest BCUT2D eigenvalue weighted by Gasteiger charge is -2.33. The maximum Gasteiger partial charge on any atom is 0.258 e. The van der Waals surface area contributed by atoms with Crippen molar-refractivity contribution < 1.29 is 14.0 Å². The summed E-state index contributed by atoms with van der Waals surface area (Å²) in [5, 5.41) is 0. The van der Waals surface area contributed by atoms with Gasteiger partial charge in [-0.25, -0.2) is 4.98 Å². The number of aryl methyl sites for hydroxylation is 3. The van der Waals surface area contributed by atoms with Crippen molar-refractivity contribution in [1.29, 1.82) is 0 Å². The molecule has 0 saturated carbocycles. The van der Waals surface area contributed by atoms with E-state index < -0.39 is 0 Å². The molecule has 1 aliphatic heterocycles. The van der Waals surface area contributed by atoms with Crippen LogP contribution in [0.1, 0.15) is 89.4 Å². The molecular weight excluding hydrogens is 354 g/mol. The third-order valence-corrected chi connectivity index (χ3v) is 6.03. The van der Waals surface area contributed by atoms with Gasteiger partial charge in [0.15, 0.2) is 5.78 Å². The molecule has 2 aliphatic rings. The molecule has 0 unspecified atom stereocenters. The Balaban J connectivity index is 1.56. The Labute approximate surface area is 165 Å². The minimum absolute atomic E-state index is 0.0464. The van der Waals surface area contributed by atoms with Crippen LogP contribution in [0.25, 0.3) is 0 Å². The van der Waals surface area contributed by atoms with Gasteiger partial charge in [-0.3, -0.25) is 9.59 Å². The number of hydrogen-bond donors (Lipinski definition) is 0. The SMILES string of the molecule is CCCCn1ccnc1[C@@H]1CCCN(C(=O)c2c(C)oc3c2C(=O)CCC3)C1. The molecule has 0 radical (unpaired) electrons. The van der Waals surface area contributed by atoms with E-state index >= 15 is 0 Å². The first kappa shape index (κ1) is 19.0. The predicted octanol–water partition coefficient (Wildman–Crippen LogP) is 4.12. The molecule has 1 fully saturated rings. The highest BCUT2D eigenvalue weighted by atomic mass is 16.3. The van der Waals surface area contributed by atoms with Crippen LogP contribution < -0.4 is 0 Å². The lowest BCUT2D eigenvalue weighted by atomic mass is 9.91. The highest BCUT2D eigenvalue weighted by molar-refractivity contribution is 6.10. The Kier molecular flexibility index (Phi) is 5.38. The van der Waals surface area contributed by atoms with E-state index in [-0.39, 0.29) is 17.6 Å². The summed E-state index contributed by atoms with van der Waals surface area (Å²) < 4.78 is 8.03. The van der Waals surface area contributed by atoms with E-state index in [1.165, 1.54) is 0 Å². The van der Waals surface area contributed by atoms with Gasteiger partial charge < -0.3 is 13.9 Å². The average molecular weight is 383 g/mol. The van der Waals surface area contributed by atoms with E-state index in [1.54, 1.807) is 6.92 Å². The number of aromatic nitrogens is 2. The summed E-state index contributed by atoms with van der Waals surface area (Å²) in [5.41, 5.74) is 1.04. The molecule has 0 bridgehead atoms. The van der Waals surface area contributed by atoms with Crippen molar-refractivity contribution >= 4 is 11.7 Å². The lowest BCUT2D eigenvalue weighted by molar-refractivity contribution is 0.0697. The Morgan fingerprint density at radius 2 is 2.18 bits per heavy atom. The van der Waals surface area contributed by atoms with E-state index in [4.69, 9.17) is 4.42 Å². The van der Waals surface area contributed by atoms with Crippen molar-refractivity contribution in [3.05, 3.63) is 40.9 Å². The molecule has 6 heteroatoms. The molecule has 1 amide bonds. The third-order valence-electron chi connectivity index (χ3n) is 6.03. The first-order chi connectivity index (χ1) is 13.6. The number of ketones is 1. The number of imidazole rings is 1. The smallest absolute Gasteiger partial charge is 0.258 e. The number of unbranched alkanes of at least 4 members (excludes halogenated alkanes) is 1. The monoisotopic (exact) mass is 383 g/mol. The van der Waals surface area contributed by atoms with E-state index in [0.717, 1.165) is 57.4 Å². The Hall–Kier alpha value is -2.37. The predicted molar refractivity (Wildman–Crippen MR) is 106 cm³/mol. The van der Waals surface area contributed by atoms with Gasteiger partial charge in [0.05, 0.1) is 11.1 Å². The molecule has 2 aromatic heterocycles. The van der Waals surface area contributed by atoms with E-state index in [0.29, 0.717) is 35.6 Å². The molecule has 28 heavy (non-hydrogen) atoms. The summed E-state index contributed by atoms with van der Waals surface area (Å²) in [5.74, 6) is 2.58. The number of amides is 1. The van der Waals surface area contributed by atoms with Crippen LogP contribution in [0.15, 0.2) is 16.8 Å². The van der Waals surface area contributed by atoms with Gasteiger partial charge in [0, 0.05) is 50.8 Å². The number of nitrogens with zero attached hydrogens (tertiary/aromatic N) is 3. The van der Waals surface area contributed by atoms with Crippen LogP contribution in [-0.4, -0.2) is 39.2 Å². The topological polar surface area (TPSA) is 68.3 Å².